The summed E-state index contributed by atoms with van der Waals surface area (Å²) in [5, 5.41) is 16.3. The summed E-state index contributed by atoms with van der Waals surface area (Å²) in [5.74, 6) is -0.393. The van der Waals surface area contributed by atoms with Crippen molar-refractivity contribution in [1.82, 2.24) is 10.2 Å². The minimum atomic E-state index is -0.712. The highest BCUT2D eigenvalue weighted by atomic mass is 16.6. The van der Waals surface area contributed by atoms with Crippen molar-refractivity contribution in [1.29, 1.82) is 0 Å². The number of carbonyl (C=O) groups excluding carboxylic acids is 3. The maximum absolute atomic E-state index is 13.0. The Morgan fingerprint density at radius 1 is 1.15 bits per heavy atom. The van der Waals surface area contributed by atoms with Crippen LogP contribution in [-0.2, 0) is 22.6 Å². The molecule has 0 radical (unpaired) electrons. The number of nitrogens with zero attached hydrogens (tertiary/aromatic N) is 2. The standard InChI is InChI=1S/C30H28N4O7/c1-4-7-22-13-21(16-26(40-3)28(22)41-18-20-9-6-11-24(14-20)34(38)39)15-25-29(36)33(30(37)32-25)17-27(35)31-23-10-5-8-19(2)12-23/h4-6,8-16H,1,7,17-18H2,2-3H3,(H,31,35)(H,32,37)/b25-15+. The first-order chi connectivity index (χ1) is 19.7. The summed E-state index contributed by atoms with van der Waals surface area (Å²) >= 11 is 0. The van der Waals surface area contributed by atoms with Gasteiger partial charge in [-0.2, -0.15) is 0 Å². The van der Waals surface area contributed by atoms with Crippen molar-refractivity contribution < 1.29 is 28.8 Å². The summed E-state index contributed by atoms with van der Waals surface area (Å²) in [4.78, 5) is 49.5. The van der Waals surface area contributed by atoms with Gasteiger partial charge in [-0.3, -0.25) is 19.7 Å². The van der Waals surface area contributed by atoms with Gasteiger partial charge >= 0.3 is 6.03 Å². The molecule has 41 heavy (non-hydrogen) atoms. The van der Waals surface area contributed by atoms with Crippen molar-refractivity contribution in [3.05, 3.63) is 111 Å². The van der Waals surface area contributed by atoms with Gasteiger partial charge in [-0.15, -0.1) is 6.58 Å². The largest absolute Gasteiger partial charge is 0.493 e. The van der Waals surface area contributed by atoms with E-state index >= 15 is 0 Å². The van der Waals surface area contributed by atoms with E-state index in [-0.39, 0.29) is 18.0 Å². The van der Waals surface area contributed by atoms with Crippen molar-refractivity contribution >= 4 is 35.3 Å². The van der Waals surface area contributed by atoms with Crippen molar-refractivity contribution in [3.63, 3.8) is 0 Å². The number of nitro groups is 1. The summed E-state index contributed by atoms with van der Waals surface area (Å²) < 4.78 is 11.5. The van der Waals surface area contributed by atoms with Crippen LogP contribution in [-0.4, -0.2) is 41.3 Å². The molecule has 210 valence electrons. The van der Waals surface area contributed by atoms with Gasteiger partial charge in [0.15, 0.2) is 11.5 Å². The third-order valence-corrected chi connectivity index (χ3v) is 6.12. The molecule has 4 rings (SSSR count). The minimum Gasteiger partial charge on any atom is -0.493 e. The molecule has 1 heterocycles. The summed E-state index contributed by atoms with van der Waals surface area (Å²) in [7, 11) is 1.46. The Morgan fingerprint density at radius 2 is 1.93 bits per heavy atom. The molecule has 0 bridgehead atoms. The predicted molar refractivity (Wildman–Crippen MR) is 152 cm³/mol. The number of benzene rings is 3. The molecule has 0 aromatic heterocycles. The summed E-state index contributed by atoms with van der Waals surface area (Å²) in [6, 6.07) is 16.0. The summed E-state index contributed by atoms with van der Waals surface area (Å²) in [6.07, 6.45) is 3.55. The first-order valence-corrected chi connectivity index (χ1v) is 12.6. The number of nitrogens with one attached hydrogen (secondary N) is 2. The van der Waals surface area contributed by atoms with E-state index in [2.05, 4.69) is 17.2 Å². The van der Waals surface area contributed by atoms with Crippen LogP contribution in [0.4, 0.5) is 16.2 Å². The number of carbonyl (C=O) groups is 3. The third kappa shape index (κ3) is 6.95. The number of urea groups is 1. The molecule has 3 aromatic rings. The molecule has 0 atom stereocenters. The second kappa shape index (κ2) is 12.6. The van der Waals surface area contributed by atoms with Crippen LogP contribution in [0.1, 0.15) is 22.3 Å². The summed E-state index contributed by atoms with van der Waals surface area (Å²) in [6.45, 7) is 5.27. The first-order valence-electron chi connectivity index (χ1n) is 12.6. The van der Waals surface area contributed by atoms with Gasteiger partial charge in [-0.1, -0.05) is 30.3 Å². The highest BCUT2D eigenvalue weighted by Crippen LogP contribution is 2.35. The summed E-state index contributed by atoms with van der Waals surface area (Å²) in [5.41, 5.74) is 3.29. The fourth-order valence-electron chi connectivity index (χ4n) is 4.25. The van der Waals surface area contributed by atoms with Gasteiger partial charge in [-0.05, 0) is 60.4 Å². The average molecular weight is 557 g/mol. The molecule has 1 fully saturated rings. The number of nitro benzene ring substituents is 1. The highest BCUT2D eigenvalue weighted by Gasteiger charge is 2.35. The van der Waals surface area contributed by atoms with Crippen LogP contribution in [0.2, 0.25) is 0 Å². The molecule has 2 N–H and O–H groups in total. The Hall–Kier alpha value is -5.45. The van der Waals surface area contributed by atoms with Crippen LogP contribution in [0.3, 0.4) is 0 Å². The second-order valence-electron chi connectivity index (χ2n) is 9.22. The SMILES string of the molecule is C=CCc1cc(/C=C2/NC(=O)N(CC(=O)Nc3cccc(C)c3)C2=O)cc(OC)c1OCc1cccc([N+](=O)[O-])c1. The molecule has 11 nitrogen and oxygen atoms in total. The molecule has 0 aliphatic carbocycles. The zero-order chi connectivity index (χ0) is 29.5. The molecule has 1 saturated heterocycles. The topological polar surface area (TPSA) is 140 Å². The second-order valence-corrected chi connectivity index (χ2v) is 9.22. The Bertz CT molecular complexity index is 1560. The number of hydrogen-bond acceptors (Lipinski definition) is 7. The molecule has 11 heteroatoms. The van der Waals surface area contributed by atoms with Gasteiger partial charge in [-0.25, -0.2) is 9.69 Å². The van der Waals surface area contributed by atoms with E-state index in [4.69, 9.17) is 9.47 Å². The van der Waals surface area contributed by atoms with Crippen molar-refractivity contribution in [3.8, 4) is 11.5 Å². The quantitative estimate of drug-likeness (QED) is 0.114. The van der Waals surface area contributed by atoms with Crippen LogP contribution < -0.4 is 20.1 Å². The third-order valence-electron chi connectivity index (χ3n) is 6.12. The zero-order valence-corrected chi connectivity index (χ0v) is 22.5. The van der Waals surface area contributed by atoms with Gasteiger partial charge in [0.2, 0.25) is 5.91 Å². The lowest BCUT2D eigenvalue weighted by molar-refractivity contribution is -0.384. The average Bonchev–Trinajstić information content (AvgIpc) is 3.19. The fraction of sp³-hybridized carbons (Fsp3) is 0.167. The number of hydrogen-bond donors (Lipinski definition) is 2. The lowest BCUT2D eigenvalue weighted by Gasteiger charge is -2.16. The van der Waals surface area contributed by atoms with Gasteiger partial charge in [0, 0.05) is 23.4 Å². The van der Waals surface area contributed by atoms with E-state index in [1.807, 2.05) is 13.0 Å². The number of anilines is 1. The predicted octanol–water partition coefficient (Wildman–Crippen LogP) is 4.75. The van der Waals surface area contributed by atoms with E-state index in [9.17, 15) is 24.5 Å². The molecule has 1 aliphatic heterocycles. The fourth-order valence-corrected chi connectivity index (χ4v) is 4.25. The molecule has 4 amide bonds. The van der Waals surface area contributed by atoms with Crippen LogP contribution >= 0.6 is 0 Å². The van der Waals surface area contributed by atoms with Gasteiger partial charge < -0.3 is 20.1 Å². The Kier molecular flexibility index (Phi) is 8.78. The van der Waals surface area contributed by atoms with E-state index in [0.29, 0.717) is 40.3 Å². The number of rotatable bonds is 11. The van der Waals surface area contributed by atoms with E-state index < -0.39 is 29.3 Å². The van der Waals surface area contributed by atoms with Gasteiger partial charge in [0.25, 0.3) is 11.6 Å². The Labute approximate surface area is 236 Å². The molecule has 1 aliphatic rings. The van der Waals surface area contributed by atoms with Crippen LogP contribution in [0.25, 0.3) is 6.08 Å². The lowest BCUT2D eigenvalue weighted by Crippen LogP contribution is -2.38. The first kappa shape index (κ1) is 28.6. The normalized spacial score (nSPS) is 13.6. The van der Waals surface area contributed by atoms with Gasteiger partial charge in [0.1, 0.15) is 18.8 Å². The van der Waals surface area contributed by atoms with Crippen molar-refractivity contribution in [2.75, 3.05) is 19.0 Å². The lowest BCUT2D eigenvalue weighted by atomic mass is 10.0. The van der Waals surface area contributed by atoms with Crippen molar-refractivity contribution in [2.24, 2.45) is 0 Å². The highest BCUT2D eigenvalue weighted by molar-refractivity contribution is 6.16. The Balaban J connectivity index is 1.53. The number of aryl methyl sites for hydroxylation is 1. The van der Waals surface area contributed by atoms with E-state index in [0.717, 1.165) is 10.5 Å². The molecule has 0 spiro atoms. The van der Waals surface area contributed by atoms with Crippen LogP contribution in [0.5, 0.6) is 11.5 Å². The molecule has 0 saturated carbocycles. The monoisotopic (exact) mass is 556 g/mol. The number of imide groups is 1. The van der Waals surface area contributed by atoms with E-state index in [1.54, 1.807) is 48.5 Å². The van der Waals surface area contributed by atoms with Crippen LogP contribution in [0, 0.1) is 17.0 Å². The molecular weight excluding hydrogens is 528 g/mol. The Morgan fingerprint density at radius 3 is 2.63 bits per heavy atom. The van der Waals surface area contributed by atoms with E-state index in [1.165, 1.54) is 25.3 Å². The number of methoxy groups -OCH3 is 1. The smallest absolute Gasteiger partial charge is 0.329 e. The number of non-ortho nitro benzene ring substituents is 1. The minimum absolute atomic E-state index is 0.00442. The number of ether oxygens (including phenoxy) is 2. The molecule has 0 unspecified atom stereocenters. The zero-order valence-electron chi connectivity index (χ0n) is 22.5. The molecular formula is C30H28N4O7. The van der Waals surface area contributed by atoms with Gasteiger partial charge in [0.05, 0.1) is 12.0 Å². The number of amides is 4. The number of allylic oxidation sites excluding steroid dienone is 1. The maximum atomic E-state index is 13.0. The van der Waals surface area contributed by atoms with Crippen LogP contribution in [0.15, 0.2) is 79.0 Å². The van der Waals surface area contributed by atoms with Crippen molar-refractivity contribution in [2.45, 2.75) is 20.0 Å². The maximum Gasteiger partial charge on any atom is 0.329 e. The molecule has 3 aromatic carbocycles.